The normalized spacial score (nSPS) is 12.1. The second-order valence-electron chi connectivity index (χ2n) is 11.3. The Kier molecular flexibility index (Phi) is 6.95. The Bertz CT molecular complexity index is 2520. The Morgan fingerprint density at radius 3 is 1.43 bits per heavy atom. The number of halogens is 5. The van der Waals surface area contributed by atoms with Gasteiger partial charge in [-0.3, -0.25) is 0 Å². The van der Waals surface area contributed by atoms with Crippen LogP contribution in [0.25, 0.3) is 55.9 Å². The third kappa shape index (κ3) is 4.90. The Morgan fingerprint density at radius 1 is 0.531 bits per heavy atom. The van der Waals surface area contributed by atoms with Gasteiger partial charge in [0.05, 0.1) is 17.0 Å². The molecule has 0 spiro atoms. The topological polar surface area (TPSA) is 121 Å². The summed E-state index contributed by atoms with van der Waals surface area (Å²) in [7, 11) is 0. The lowest BCUT2D eigenvalue weighted by Gasteiger charge is -2.11. The third-order valence-corrected chi connectivity index (χ3v) is 8.34. The molecule has 0 amide bonds. The zero-order valence-corrected chi connectivity index (χ0v) is 25.0. The molecule has 5 aromatic rings. The SMILES string of the molecule is Cc1cc(F)cc(-c2ccc3c(c2)C(=C(C#N)C#N)c2nc4c(nc2-3)-c2ccc(-c3cc(F)cc(C(F)(F)F)c3)cc2C4=C(C#N)C#N)c1. The average molecular weight is 651 g/mol. The second-order valence-corrected chi connectivity index (χ2v) is 11.3. The maximum Gasteiger partial charge on any atom is 0.416 e. The van der Waals surface area contributed by atoms with Crippen LogP contribution in [0.2, 0.25) is 0 Å². The van der Waals surface area contributed by atoms with Crippen LogP contribution in [0.1, 0.15) is 33.6 Å². The number of hydrogen-bond acceptors (Lipinski definition) is 6. The number of aromatic nitrogens is 2. The minimum absolute atomic E-state index is 0.0429. The summed E-state index contributed by atoms with van der Waals surface area (Å²) in [6.45, 7) is 1.75. The minimum Gasteiger partial charge on any atom is -0.243 e. The third-order valence-electron chi connectivity index (χ3n) is 8.34. The van der Waals surface area contributed by atoms with Crippen molar-refractivity contribution < 1.29 is 22.0 Å². The van der Waals surface area contributed by atoms with Crippen molar-refractivity contribution in [3.05, 3.63) is 129 Å². The van der Waals surface area contributed by atoms with Crippen LogP contribution in [0.4, 0.5) is 22.0 Å². The zero-order valence-electron chi connectivity index (χ0n) is 25.0. The van der Waals surface area contributed by atoms with Crippen LogP contribution in [0, 0.1) is 63.9 Å². The highest BCUT2D eigenvalue weighted by molar-refractivity contribution is 6.07. The molecule has 0 saturated heterocycles. The number of hydrogen-bond donors (Lipinski definition) is 0. The summed E-state index contributed by atoms with van der Waals surface area (Å²) in [5, 5.41) is 39.8. The largest absolute Gasteiger partial charge is 0.416 e. The molecule has 0 radical (unpaired) electrons. The first-order valence-corrected chi connectivity index (χ1v) is 14.4. The van der Waals surface area contributed by atoms with Crippen LogP contribution in [0.15, 0.2) is 83.9 Å². The van der Waals surface area contributed by atoms with E-state index in [4.69, 9.17) is 9.97 Å². The van der Waals surface area contributed by atoms with Crippen LogP contribution in [-0.4, -0.2) is 9.97 Å². The van der Waals surface area contributed by atoms with E-state index < -0.39 is 23.4 Å². The standard InChI is InChI=1S/C38H15F5N6/c1-18-6-21(9-26(39)7-18)19-2-4-28-30(11-19)32(23(14-44)15-45)36-34(28)48-35-29-5-3-20(22-8-25(38(41,42)43)13-27(40)10-22)12-31(29)33(37(35)49-36)24(16-46)17-47/h2-13H,1H3. The van der Waals surface area contributed by atoms with Gasteiger partial charge in [-0.15, -0.1) is 0 Å². The van der Waals surface area contributed by atoms with Crippen LogP contribution in [0.3, 0.4) is 0 Å². The molecule has 0 N–H and O–H groups in total. The van der Waals surface area contributed by atoms with Crippen LogP contribution in [0.5, 0.6) is 0 Å². The van der Waals surface area contributed by atoms with Gasteiger partial charge in [-0.2, -0.15) is 34.2 Å². The van der Waals surface area contributed by atoms with Gasteiger partial charge in [0.25, 0.3) is 0 Å². The predicted molar refractivity (Wildman–Crippen MR) is 168 cm³/mol. The molecule has 0 aliphatic heterocycles. The van der Waals surface area contributed by atoms with Crippen LogP contribution >= 0.6 is 0 Å². The monoisotopic (exact) mass is 650 g/mol. The van der Waals surface area contributed by atoms with Crippen molar-refractivity contribution in [2.45, 2.75) is 13.1 Å². The molecular weight excluding hydrogens is 635 g/mol. The number of nitriles is 4. The molecule has 49 heavy (non-hydrogen) atoms. The van der Waals surface area contributed by atoms with Gasteiger partial charge in [-0.1, -0.05) is 30.3 Å². The fourth-order valence-corrected chi connectivity index (χ4v) is 6.29. The molecule has 0 atom stereocenters. The summed E-state index contributed by atoms with van der Waals surface area (Å²) in [6, 6.07) is 23.8. The van der Waals surface area contributed by atoms with Gasteiger partial charge in [-0.05, 0) is 88.3 Å². The van der Waals surface area contributed by atoms with E-state index >= 15 is 0 Å². The number of allylic oxidation sites excluding steroid dienone is 2. The maximum atomic E-state index is 14.3. The summed E-state index contributed by atoms with van der Waals surface area (Å²) in [6.07, 6.45) is -4.80. The first-order valence-electron chi connectivity index (χ1n) is 14.4. The first kappa shape index (κ1) is 30.7. The number of rotatable bonds is 2. The molecule has 0 fully saturated rings. The second kappa shape index (κ2) is 11.1. The summed E-state index contributed by atoms with van der Waals surface area (Å²) in [4.78, 5) is 9.68. The van der Waals surface area contributed by atoms with E-state index in [0.29, 0.717) is 45.1 Å². The summed E-state index contributed by atoms with van der Waals surface area (Å²) in [5.41, 5.74) is 2.75. The van der Waals surface area contributed by atoms with Crippen molar-refractivity contribution in [2.75, 3.05) is 0 Å². The summed E-state index contributed by atoms with van der Waals surface area (Å²) >= 11 is 0. The van der Waals surface area contributed by atoms with Crippen molar-refractivity contribution in [3.63, 3.8) is 0 Å². The van der Waals surface area contributed by atoms with Gasteiger partial charge in [0.1, 0.15) is 58.4 Å². The predicted octanol–water partition coefficient (Wildman–Crippen LogP) is 9.07. The molecule has 0 unspecified atom stereocenters. The highest BCUT2D eigenvalue weighted by atomic mass is 19.4. The molecule has 7 rings (SSSR count). The van der Waals surface area contributed by atoms with E-state index in [-0.39, 0.29) is 56.1 Å². The number of aryl methyl sites for hydroxylation is 1. The Balaban J connectivity index is 1.47. The lowest BCUT2D eigenvalue weighted by atomic mass is 9.95. The van der Waals surface area contributed by atoms with Gasteiger partial charge in [-0.25, -0.2) is 18.7 Å². The van der Waals surface area contributed by atoms with Crippen LogP contribution in [-0.2, 0) is 6.18 Å². The molecule has 11 heteroatoms. The lowest BCUT2D eigenvalue weighted by Crippen LogP contribution is -2.05. The molecule has 4 aromatic carbocycles. The summed E-state index contributed by atoms with van der Waals surface area (Å²) in [5.74, 6) is -1.53. The van der Waals surface area contributed by atoms with E-state index in [9.17, 15) is 43.0 Å². The Labute approximate surface area is 275 Å². The van der Waals surface area contributed by atoms with Gasteiger partial charge in [0.15, 0.2) is 0 Å². The lowest BCUT2D eigenvalue weighted by molar-refractivity contribution is -0.137. The van der Waals surface area contributed by atoms with Crippen LogP contribution < -0.4 is 0 Å². The van der Waals surface area contributed by atoms with Gasteiger partial charge in [0.2, 0.25) is 0 Å². The van der Waals surface area contributed by atoms with Gasteiger partial charge in [0, 0.05) is 22.3 Å². The summed E-state index contributed by atoms with van der Waals surface area (Å²) < 4.78 is 69.1. The van der Waals surface area contributed by atoms with Gasteiger partial charge < -0.3 is 0 Å². The quantitative estimate of drug-likeness (QED) is 0.136. The van der Waals surface area contributed by atoms with Crippen molar-refractivity contribution in [3.8, 4) is 69.0 Å². The number of alkyl halides is 3. The molecule has 0 bridgehead atoms. The Morgan fingerprint density at radius 2 is 0.980 bits per heavy atom. The van der Waals surface area contributed by atoms with Crippen molar-refractivity contribution in [1.82, 2.24) is 9.97 Å². The molecule has 232 valence electrons. The van der Waals surface area contributed by atoms with Crippen molar-refractivity contribution in [1.29, 1.82) is 21.0 Å². The van der Waals surface area contributed by atoms with Crippen molar-refractivity contribution >= 4 is 11.1 Å². The average Bonchev–Trinajstić information content (AvgIpc) is 3.55. The van der Waals surface area contributed by atoms with E-state index in [1.807, 2.05) is 24.3 Å². The molecule has 2 aliphatic rings. The highest BCUT2D eigenvalue weighted by Crippen LogP contribution is 2.51. The molecule has 1 aromatic heterocycles. The Hall–Kier alpha value is -6.95. The number of nitrogens with zero attached hydrogens (tertiary/aromatic N) is 6. The highest BCUT2D eigenvalue weighted by Gasteiger charge is 2.37. The first-order chi connectivity index (χ1) is 23.4. The smallest absolute Gasteiger partial charge is 0.243 e. The molecule has 0 saturated carbocycles. The minimum atomic E-state index is -4.80. The number of fused-ring (bicyclic) bond motifs is 6. The van der Waals surface area contributed by atoms with E-state index in [0.717, 1.165) is 12.1 Å². The number of benzene rings is 4. The maximum absolute atomic E-state index is 14.3. The fraction of sp³-hybridized carbons (Fsp3) is 0.0526. The van der Waals surface area contributed by atoms with E-state index in [1.165, 1.54) is 24.3 Å². The van der Waals surface area contributed by atoms with Crippen molar-refractivity contribution in [2.24, 2.45) is 0 Å². The molecule has 6 nitrogen and oxygen atoms in total. The molecule has 1 heterocycles. The molecule has 2 aliphatic carbocycles. The zero-order chi connectivity index (χ0) is 34.8. The van der Waals surface area contributed by atoms with Gasteiger partial charge >= 0.3 is 6.18 Å². The fourth-order valence-electron chi connectivity index (χ4n) is 6.29. The van der Waals surface area contributed by atoms with E-state index in [1.54, 1.807) is 37.3 Å². The molecular formula is C38H15F5N6. The van der Waals surface area contributed by atoms with E-state index in [2.05, 4.69) is 0 Å².